The van der Waals surface area contributed by atoms with Gasteiger partial charge in [0, 0.05) is 18.1 Å². The molecular formula is C17H34N2. The highest BCUT2D eigenvalue weighted by Gasteiger charge is 2.21. The summed E-state index contributed by atoms with van der Waals surface area (Å²) in [5, 5.41) is 4.00. The standard InChI is InChI=1S/C17H34N2/c1-15(2)19-13-8-11-17(12-14-19)18-16-9-6-4-3-5-7-10-16/h15-18H,3-14H2,1-2H3. The average molecular weight is 266 g/mol. The molecule has 0 amide bonds. The lowest BCUT2D eigenvalue weighted by atomic mass is 9.95. The number of hydrogen-bond acceptors (Lipinski definition) is 2. The number of hydrogen-bond donors (Lipinski definition) is 1. The van der Waals surface area contributed by atoms with E-state index in [2.05, 4.69) is 24.1 Å². The maximum Gasteiger partial charge on any atom is 0.00823 e. The van der Waals surface area contributed by atoms with Gasteiger partial charge in [0.25, 0.3) is 0 Å². The minimum atomic E-state index is 0.722. The highest BCUT2D eigenvalue weighted by molar-refractivity contribution is 4.80. The fourth-order valence-corrected chi connectivity index (χ4v) is 3.76. The smallest absolute Gasteiger partial charge is 0.00823 e. The van der Waals surface area contributed by atoms with Crippen molar-refractivity contribution in [2.24, 2.45) is 0 Å². The van der Waals surface area contributed by atoms with Crippen LogP contribution in [0.15, 0.2) is 0 Å². The summed E-state index contributed by atoms with van der Waals surface area (Å²) in [4.78, 5) is 2.65. The van der Waals surface area contributed by atoms with E-state index < -0.39 is 0 Å². The van der Waals surface area contributed by atoms with Gasteiger partial charge in [-0.25, -0.2) is 0 Å². The molecule has 1 N–H and O–H groups in total. The largest absolute Gasteiger partial charge is 0.311 e. The van der Waals surface area contributed by atoms with Gasteiger partial charge in [-0.15, -0.1) is 0 Å². The SMILES string of the molecule is CC(C)N1CCCC(NC2CCCCCCC2)CC1. The highest BCUT2D eigenvalue weighted by atomic mass is 15.1. The molecule has 0 aromatic carbocycles. The first-order valence-electron chi connectivity index (χ1n) is 8.76. The monoisotopic (exact) mass is 266 g/mol. The molecule has 112 valence electrons. The van der Waals surface area contributed by atoms with E-state index in [-0.39, 0.29) is 0 Å². The van der Waals surface area contributed by atoms with Crippen LogP contribution in [0, 0.1) is 0 Å². The molecule has 1 saturated carbocycles. The van der Waals surface area contributed by atoms with Gasteiger partial charge in [-0.05, 0) is 59.0 Å². The van der Waals surface area contributed by atoms with Crippen LogP contribution in [-0.2, 0) is 0 Å². The van der Waals surface area contributed by atoms with E-state index >= 15 is 0 Å². The maximum absolute atomic E-state index is 4.00. The summed E-state index contributed by atoms with van der Waals surface area (Å²) in [6.07, 6.45) is 14.3. The van der Waals surface area contributed by atoms with Crippen LogP contribution in [0.25, 0.3) is 0 Å². The van der Waals surface area contributed by atoms with Crippen molar-refractivity contribution in [2.45, 2.75) is 96.2 Å². The third-order valence-electron chi connectivity index (χ3n) is 5.07. The average Bonchev–Trinajstić information content (AvgIpc) is 2.58. The molecule has 2 rings (SSSR count). The van der Waals surface area contributed by atoms with Gasteiger partial charge >= 0.3 is 0 Å². The van der Waals surface area contributed by atoms with Crippen LogP contribution >= 0.6 is 0 Å². The van der Waals surface area contributed by atoms with Crippen molar-refractivity contribution in [1.29, 1.82) is 0 Å². The van der Waals surface area contributed by atoms with E-state index in [0.717, 1.165) is 18.1 Å². The molecule has 19 heavy (non-hydrogen) atoms. The van der Waals surface area contributed by atoms with E-state index in [4.69, 9.17) is 0 Å². The molecule has 1 aliphatic carbocycles. The van der Waals surface area contributed by atoms with Crippen LogP contribution in [0.1, 0.15) is 78.1 Å². The van der Waals surface area contributed by atoms with Gasteiger partial charge in [-0.1, -0.05) is 32.1 Å². The Morgan fingerprint density at radius 1 is 0.737 bits per heavy atom. The van der Waals surface area contributed by atoms with Crippen LogP contribution < -0.4 is 5.32 Å². The van der Waals surface area contributed by atoms with Crippen molar-refractivity contribution in [2.75, 3.05) is 13.1 Å². The molecule has 2 nitrogen and oxygen atoms in total. The Morgan fingerprint density at radius 2 is 1.32 bits per heavy atom. The van der Waals surface area contributed by atoms with E-state index in [1.165, 1.54) is 77.3 Å². The Hall–Kier alpha value is -0.0800. The Balaban J connectivity index is 1.75. The topological polar surface area (TPSA) is 15.3 Å². The second-order valence-electron chi connectivity index (χ2n) is 6.97. The predicted octanol–water partition coefficient (Wildman–Crippen LogP) is 3.95. The lowest BCUT2D eigenvalue weighted by molar-refractivity contribution is 0.227. The molecule has 1 aliphatic heterocycles. The summed E-state index contributed by atoms with van der Waals surface area (Å²) in [5.74, 6) is 0. The molecule has 2 fully saturated rings. The Labute approximate surface area is 120 Å². The summed E-state index contributed by atoms with van der Waals surface area (Å²) in [6, 6.07) is 2.32. The minimum absolute atomic E-state index is 0.722. The zero-order chi connectivity index (χ0) is 13.5. The second-order valence-corrected chi connectivity index (χ2v) is 6.97. The molecule has 0 radical (unpaired) electrons. The molecule has 0 aromatic rings. The summed E-state index contributed by atoms with van der Waals surface area (Å²) in [6.45, 7) is 7.27. The molecule has 0 bridgehead atoms. The van der Waals surface area contributed by atoms with Crippen molar-refractivity contribution >= 4 is 0 Å². The van der Waals surface area contributed by atoms with Crippen LogP contribution in [0.5, 0.6) is 0 Å². The number of nitrogens with one attached hydrogen (secondary N) is 1. The van der Waals surface area contributed by atoms with Crippen molar-refractivity contribution in [3.63, 3.8) is 0 Å². The fraction of sp³-hybridized carbons (Fsp3) is 1.00. The summed E-state index contributed by atoms with van der Waals surface area (Å²) in [5.41, 5.74) is 0. The molecule has 1 atom stereocenters. The first kappa shape index (κ1) is 15.3. The third-order valence-corrected chi connectivity index (χ3v) is 5.07. The minimum Gasteiger partial charge on any atom is -0.311 e. The molecule has 2 heteroatoms. The normalized spacial score (nSPS) is 28.9. The number of nitrogens with zero attached hydrogens (tertiary/aromatic N) is 1. The van der Waals surface area contributed by atoms with E-state index in [0.29, 0.717) is 0 Å². The first-order valence-corrected chi connectivity index (χ1v) is 8.76. The maximum atomic E-state index is 4.00. The molecular weight excluding hydrogens is 232 g/mol. The van der Waals surface area contributed by atoms with E-state index in [1.807, 2.05) is 0 Å². The first-order chi connectivity index (χ1) is 9.25. The van der Waals surface area contributed by atoms with Gasteiger partial charge < -0.3 is 10.2 Å². The third kappa shape index (κ3) is 5.43. The van der Waals surface area contributed by atoms with E-state index in [1.54, 1.807) is 0 Å². The molecule has 2 aliphatic rings. The Bertz CT molecular complexity index is 231. The quantitative estimate of drug-likeness (QED) is 0.832. The zero-order valence-corrected chi connectivity index (χ0v) is 13.2. The summed E-state index contributed by atoms with van der Waals surface area (Å²) in [7, 11) is 0. The summed E-state index contributed by atoms with van der Waals surface area (Å²) < 4.78 is 0. The van der Waals surface area contributed by atoms with Gasteiger partial charge in [0.05, 0.1) is 0 Å². The molecule has 0 spiro atoms. The second kappa shape index (κ2) is 8.26. The van der Waals surface area contributed by atoms with Crippen LogP contribution in [-0.4, -0.2) is 36.1 Å². The Morgan fingerprint density at radius 3 is 2.00 bits per heavy atom. The molecule has 0 aromatic heterocycles. The zero-order valence-electron chi connectivity index (χ0n) is 13.2. The van der Waals surface area contributed by atoms with Gasteiger partial charge in [0.1, 0.15) is 0 Å². The van der Waals surface area contributed by atoms with Crippen molar-refractivity contribution in [1.82, 2.24) is 10.2 Å². The van der Waals surface area contributed by atoms with Crippen LogP contribution in [0.3, 0.4) is 0 Å². The van der Waals surface area contributed by atoms with Gasteiger partial charge in [-0.3, -0.25) is 0 Å². The predicted molar refractivity (Wildman–Crippen MR) is 83.6 cm³/mol. The van der Waals surface area contributed by atoms with Crippen molar-refractivity contribution < 1.29 is 0 Å². The van der Waals surface area contributed by atoms with Gasteiger partial charge in [0.2, 0.25) is 0 Å². The van der Waals surface area contributed by atoms with Gasteiger partial charge in [0.15, 0.2) is 0 Å². The molecule has 1 unspecified atom stereocenters. The molecule has 1 heterocycles. The lowest BCUT2D eigenvalue weighted by Gasteiger charge is -2.27. The van der Waals surface area contributed by atoms with Gasteiger partial charge in [-0.2, -0.15) is 0 Å². The highest BCUT2D eigenvalue weighted by Crippen LogP contribution is 2.20. The van der Waals surface area contributed by atoms with Crippen LogP contribution in [0.2, 0.25) is 0 Å². The Kier molecular flexibility index (Phi) is 6.66. The molecule has 1 saturated heterocycles. The number of likely N-dealkylation sites (tertiary alicyclic amines) is 1. The lowest BCUT2D eigenvalue weighted by Crippen LogP contribution is -2.39. The van der Waals surface area contributed by atoms with Crippen molar-refractivity contribution in [3.8, 4) is 0 Å². The fourth-order valence-electron chi connectivity index (χ4n) is 3.76. The number of rotatable bonds is 3. The van der Waals surface area contributed by atoms with Crippen LogP contribution in [0.4, 0.5) is 0 Å². The van der Waals surface area contributed by atoms with E-state index in [9.17, 15) is 0 Å². The van der Waals surface area contributed by atoms with Crippen molar-refractivity contribution in [3.05, 3.63) is 0 Å². The summed E-state index contributed by atoms with van der Waals surface area (Å²) >= 11 is 0.